The van der Waals surface area contributed by atoms with Gasteiger partial charge in [-0.25, -0.2) is 13.4 Å². The fraction of sp³-hybridized carbons (Fsp3) is 0.286. The highest BCUT2D eigenvalue weighted by Crippen LogP contribution is 2.21. The Kier molecular flexibility index (Phi) is 5.55. The number of nitrogens with zero attached hydrogens (tertiary/aromatic N) is 1. The number of sulfone groups is 1. The van der Waals surface area contributed by atoms with Crippen LogP contribution in [0, 0.1) is 0 Å². The van der Waals surface area contributed by atoms with Crippen molar-refractivity contribution in [2.24, 2.45) is 0 Å². The lowest BCUT2D eigenvalue weighted by Crippen LogP contribution is -2.08. The molecule has 0 spiro atoms. The van der Waals surface area contributed by atoms with Gasteiger partial charge in [-0.2, -0.15) is 0 Å². The number of ether oxygens (including phenoxy) is 1. The number of hydrogen-bond donors (Lipinski definition) is 0. The lowest BCUT2D eigenvalue weighted by molar-refractivity contribution is -0.142. The van der Waals surface area contributed by atoms with Crippen molar-refractivity contribution >= 4 is 38.7 Å². The van der Waals surface area contributed by atoms with Crippen LogP contribution in [0.4, 0.5) is 0 Å². The molecule has 2 aromatic rings. The molecule has 22 heavy (non-hydrogen) atoms. The van der Waals surface area contributed by atoms with Crippen molar-refractivity contribution in [2.75, 3.05) is 6.61 Å². The van der Waals surface area contributed by atoms with E-state index in [0.717, 1.165) is 0 Å². The molecule has 0 saturated heterocycles. The zero-order valence-electron chi connectivity index (χ0n) is 11.8. The highest BCUT2D eigenvalue weighted by molar-refractivity contribution is 7.90. The third kappa shape index (κ3) is 4.53. The molecule has 118 valence electrons. The first-order chi connectivity index (χ1) is 10.4. The third-order valence-corrected chi connectivity index (χ3v) is 5.69. The molecule has 0 aliphatic heterocycles. The standard InChI is InChI=1S/C14H14ClNO4S2/c1-2-20-14(17)7-11-8-21-13(16-11)9-22(18,19)12-5-3-10(15)4-6-12/h3-6,8H,2,7,9H2,1H3. The molecule has 1 heterocycles. The van der Waals surface area contributed by atoms with Gasteiger partial charge in [-0.3, -0.25) is 4.79 Å². The molecule has 0 atom stereocenters. The molecular weight excluding hydrogens is 346 g/mol. The summed E-state index contributed by atoms with van der Waals surface area (Å²) in [5, 5.41) is 2.59. The molecule has 2 rings (SSSR count). The van der Waals surface area contributed by atoms with Crippen LogP contribution in [-0.4, -0.2) is 26.0 Å². The summed E-state index contributed by atoms with van der Waals surface area (Å²) in [5.74, 6) is -0.581. The Bertz CT molecular complexity index is 753. The molecule has 0 amide bonds. The van der Waals surface area contributed by atoms with E-state index in [1.54, 1.807) is 12.3 Å². The van der Waals surface area contributed by atoms with Crippen molar-refractivity contribution in [3.05, 3.63) is 45.4 Å². The fourth-order valence-electron chi connectivity index (χ4n) is 1.74. The number of halogens is 1. The average Bonchev–Trinajstić information content (AvgIpc) is 2.85. The molecule has 0 fully saturated rings. The molecule has 1 aromatic carbocycles. The zero-order valence-corrected chi connectivity index (χ0v) is 14.2. The lowest BCUT2D eigenvalue weighted by Gasteiger charge is -2.02. The monoisotopic (exact) mass is 359 g/mol. The summed E-state index contributed by atoms with van der Waals surface area (Å²) in [5.41, 5.74) is 0.518. The quantitative estimate of drug-likeness (QED) is 0.741. The van der Waals surface area contributed by atoms with Crippen molar-refractivity contribution in [2.45, 2.75) is 24.0 Å². The minimum absolute atomic E-state index is 0.0470. The van der Waals surface area contributed by atoms with Gasteiger partial charge in [-0.05, 0) is 31.2 Å². The molecule has 0 bridgehead atoms. The normalized spacial score (nSPS) is 11.4. The van der Waals surface area contributed by atoms with Gasteiger partial charge in [0.2, 0.25) is 0 Å². The van der Waals surface area contributed by atoms with E-state index in [1.165, 1.54) is 35.6 Å². The highest BCUT2D eigenvalue weighted by atomic mass is 35.5. The molecule has 0 aliphatic rings. The predicted octanol–water partition coefficient (Wildman–Crippen LogP) is 2.88. The topological polar surface area (TPSA) is 73.3 Å². The van der Waals surface area contributed by atoms with Gasteiger partial charge in [0.15, 0.2) is 9.84 Å². The number of aromatic nitrogens is 1. The second-order valence-corrected chi connectivity index (χ2v) is 7.80. The summed E-state index contributed by atoms with van der Waals surface area (Å²) in [7, 11) is -3.48. The Morgan fingerprint density at radius 2 is 2.00 bits per heavy atom. The van der Waals surface area contributed by atoms with Gasteiger partial charge < -0.3 is 4.74 Å². The minimum atomic E-state index is -3.48. The smallest absolute Gasteiger partial charge is 0.311 e. The van der Waals surface area contributed by atoms with Crippen molar-refractivity contribution in [1.82, 2.24) is 4.98 Å². The van der Waals surface area contributed by atoms with Crippen LogP contribution in [0.15, 0.2) is 34.5 Å². The maximum atomic E-state index is 12.3. The molecule has 0 aliphatic carbocycles. The third-order valence-electron chi connectivity index (χ3n) is 2.72. The molecule has 0 saturated carbocycles. The van der Waals surface area contributed by atoms with Crippen LogP contribution in [0.3, 0.4) is 0 Å². The first-order valence-corrected chi connectivity index (χ1v) is 9.39. The van der Waals surface area contributed by atoms with Crippen molar-refractivity contribution in [1.29, 1.82) is 0 Å². The first kappa shape index (κ1) is 16.9. The Morgan fingerprint density at radius 1 is 1.32 bits per heavy atom. The summed E-state index contributed by atoms with van der Waals surface area (Å²) < 4.78 is 29.4. The molecule has 0 radical (unpaired) electrons. The summed E-state index contributed by atoms with van der Waals surface area (Å²) in [6.45, 7) is 2.03. The van der Waals surface area contributed by atoms with Gasteiger partial charge in [0.1, 0.15) is 10.8 Å². The Labute approximate surface area is 137 Å². The average molecular weight is 360 g/mol. The molecule has 5 nitrogen and oxygen atoms in total. The maximum absolute atomic E-state index is 12.3. The number of thiazole rings is 1. The first-order valence-electron chi connectivity index (χ1n) is 6.48. The lowest BCUT2D eigenvalue weighted by atomic mass is 10.3. The zero-order chi connectivity index (χ0) is 16.2. The van der Waals surface area contributed by atoms with Crippen LogP contribution in [0.25, 0.3) is 0 Å². The number of benzene rings is 1. The van der Waals surface area contributed by atoms with Crippen LogP contribution >= 0.6 is 22.9 Å². The van der Waals surface area contributed by atoms with E-state index in [-0.39, 0.29) is 23.0 Å². The summed E-state index contributed by atoms with van der Waals surface area (Å²) >= 11 is 6.96. The van der Waals surface area contributed by atoms with E-state index in [9.17, 15) is 13.2 Å². The number of carbonyl (C=O) groups is 1. The van der Waals surface area contributed by atoms with E-state index >= 15 is 0 Å². The fourth-order valence-corrected chi connectivity index (χ4v) is 4.29. The number of esters is 1. The van der Waals surface area contributed by atoms with Crippen LogP contribution in [0.1, 0.15) is 17.6 Å². The summed E-state index contributed by atoms with van der Waals surface area (Å²) in [6, 6.07) is 5.99. The largest absolute Gasteiger partial charge is 0.466 e. The van der Waals surface area contributed by atoms with E-state index < -0.39 is 9.84 Å². The van der Waals surface area contributed by atoms with Crippen LogP contribution in [0.5, 0.6) is 0 Å². The van der Waals surface area contributed by atoms with E-state index in [4.69, 9.17) is 16.3 Å². The Hall–Kier alpha value is -1.44. The molecule has 8 heteroatoms. The van der Waals surface area contributed by atoms with Crippen molar-refractivity contribution < 1.29 is 17.9 Å². The molecule has 0 N–H and O–H groups in total. The van der Waals surface area contributed by atoms with Crippen LogP contribution < -0.4 is 0 Å². The minimum Gasteiger partial charge on any atom is -0.466 e. The van der Waals surface area contributed by atoms with Crippen LogP contribution in [0.2, 0.25) is 5.02 Å². The SMILES string of the molecule is CCOC(=O)Cc1csc(CS(=O)(=O)c2ccc(Cl)cc2)n1. The summed E-state index contributed by atoms with van der Waals surface area (Å²) in [6.07, 6.45) is 0.0470. The van der Waals surface area contributed by atoms with Gasteiger partial charge in [0.25, 0.3) is 0 Å². The molecular formula is C14H14ClNO4S2. The van der Waals surface area contributed by atoms with Gasteiger partial charge >= 0.3 is 5.97 Å². The van der Waals surface area contributed by atoms with E-state index in [0.29, 0.717) is 22.3 Å². The van der Waals surface area contributed by atoms with E-state index in [2.05, 4.69) is 4.98 Å². The highest BCUT2D eigenvalue weighted by Gasteiger charge is 2.18. The molecule has 1 aromatic heterocycles. The number of carbonyl (C=O) groups excluding carboxylic acids is 1. The van der Waals surface area contributed by atoms with Gasteiger partial charge in [-0.1, -0.05) is 11.6 Å². The van der Waals surface area contributed by atoms with Crippen molar-refractivity contribution in [3.8, 4) is 0 Å². The second kappa shape index (κ2) is 7.21. The van der Waals surface area contributed by atoms with Gasteiger partial charge in [0.05, 0.1) is 23.6 Å². The Morgan fingerprint density at radius 3 is 2.64 bits per heavy atom. The van der Waals surface area contributed by atoms with Gasteiger partial charge in [0, 0.05) is 10.4 Å². The number of hydrogen-bond acceptors (Lipinski definition) is 6. The van der Waals surface area contributed by atoms with E-state index in [1.807, 2.05) is 0 Å². The Balaban J connectivity index is 2.09. The molecule has 0 unspecified atom stereocenters. The second-order valence-electron chi connectivity index (χ2n) is 4.43. The van der Waals surface area contributed by atoms with Gasteiger partial charge in [-0.15, -0.1) is 11.3 Å². The van der Waals surface area contributed by atoms with Crippen LogP contribution in [-0.2, 0) is 31.5 Å². The number of rotatable bonds is 6. The maximum Gasteiger partial charge on any atom is 0.311 e. The predicted molar refractivity (Wildman–Crippen MR) is 84.8 cm³/mol. The summed E-state index contributed by atoms with van der Waals surface area (Å²) in [4.78, 5) is 15.7. The van der Waals surface area contributed by atoms with Crippen molar-refractivity contribution in [3.63, 3.8) is 0 Å².